The molecule has 0 spiro atoms. The van der Waals surface area contributed by atoms with Gasteiger partial charge in [-0.25, -0.2) is 0 Å². The van der Waals surface area contributed by atoms with Gasteiger partial charge in [-0.1, -0.05) is 19.1 Å². The van der Waals surface area contributed by atoms with Crippen LogP contribution in [0.2, 0.25) is 0 Å². The first-order valence-corrected chi connectivity index (χ1v) is 6.33. The number of carboxylic acids is 1. The normalized spacial score (nSPS) is 11.8. The number of carboxylic acid groups (broad SMARTS) is 1. The lowest BCUT2D eigenvalue weighted by Crippen LogP contribution is -2.12. The summed E-state index contributed by atoms with van der Waals surface area (Å²) in [4.78, 5) is 10.8. The summed E-state index contributed by atoms with van der Waals surface area (Å²) >= 11 is 0. The van der Waals surface area contributed by atoms with Gasteiger partial charge in [-0.05, 0) is 48.4 Å². The predicted molar refractivity (Wildman–Crippen MR) is 75.1 cm³/mol. The van der Waals surface area contributed by atoms with E-state index in [0.717, 1.165) is 5.56 Å². The topological polar surface area (TPSA) is 66.8 Å². The van der Waals surface area contributed by atoms with Crippen molar-refractivity contribution in [3.05, 3.63) is 54.1 Å². The predicted octanol–water partition coefficient (Wildman–Crippen LogP) is 3.45. The summed E-state index contributed by atoms with van der Waals surface area (Å²) in [7, 11) is 0. The fraction of sp³-hybridized carbons (Fsp3) is 0.188. The van der Waals surface area contributed by atoms with Crippen LogP contribution in [-0.4, -0.2) is 16.2 Å². The maximum absolute atomic E-state index is 10.8. The molecule has 0 aliphatic rings. The van der Waals surface area contributed by atoms with Crippen molar-refractivity contribution in [2.45, 2.75) is 13.3 Å². The lowest BCUT2D eigenvalue weighted by atomic mass is 10.0. The average molecular weight is 272 g/mol. The summed E-state index contributed by atoms with van der Waals surface area (Å²) in [5.41, 5.74) is 0.956. The summed E-state index contributed by atoms with van der Waals surface area (Å²) in [6, 6.07) is 13.8. The molecule has 0 aliphatic carbocycles. The maximum atomic E-state index is 10.8. The van der Waals surface area contributed by atoms with Gasteiger partial charge in [0.1, 0.15) is 17.2 Å². The summed E-state index contributed by atoms with van der Waals surface area (Å²) < 4.78 is 5.61. The molecule has 0 fully saturated rings. The van der Waals surface area contributed by atoms with Gasteiger partial charge in [-0.3, -0.25) is 4.79 Å². The van der Waals surface area contributed by atoms with E-state index >= 15 is 0 Å². The molecule has 0 amide bonds. The first-order chi connectivity index (χ1) is 9.54. The quantitative estimate of drug-likeness (QED) is 0.874. The standard InChI is InChI=1S/C16H16O4/c1-11(16(18)19)10-12-2-6-14(7-3-12)20-15-8-4-13(17)5-9-15/h2-9,11,17H,10H2,1H3,(H,18,19). The molecule has 0 heterocycles. The smallest absolute Gasteiger partial charge is 0.306 e. The summed E-state index contributed by atoms with van der Waals surface area (Å²) in [5, 5.41) is 18.1. The van der Waals surface area contributed by atoms with Crippen LogP contribution in [0.1, 0.15) is 12.5 Å². The number of phenols is 1. The average Bonchev–Trinajstić information content (AvgIpc) is 2.43. The largest absolute Gasteiger partial charge is 0.508 e. The van der Waals surface area contributed by atoms with Crippen LogP contribution >= 0.6 is 0 Å². The fourth-order valence-electron chi connectivity index (χ4n) is 1.78. The number of aliphatic carboxylic acids is 1. The number of phenolic OH excluding ortho intramolecular Hbond substituents is 1. The van der Waals surface area contributed by atoms with Crippen LogP contribution in [0, 0.1) is 5.92 Å². The van der Waals surface area contributed by atoms with Crippen molar-refractivity contribution in [2.24, 2.45) is 5.92 Å². The zero-order valence-corrected chi connectivity index (χ0v) is 11.1. The highest BCUT2D eigenvalue weighted by atomic mass is 16.5. The number of ether oxygens (including phenoxy) is 1. The molecule has 4 nitrogen and oxygen atoms in total. The molecule has 2 N–H and O–H groups in total. The van der Waals surface area contributed by atoms with Gasteiger partial charge in [0.2, 0.25) is 0 Å². The minimum Gasteiger partial charge on any atom is -0.508 e. The lowest BCUT2D eigenvalue weighted by molar-refractivity contribution is -0.141. The van der Waals surface area contributed by atoms with Gasteiger partial charge >= 0.3 is 5.97 Å². The third kappa shape index (κ3) is 3.75. The fourth-order valence-corrected chi connectivity index (χ4v) is 1.78. The van der Waals surface area contributed by atoms with Gasteiger partial charge in [0.05, 0.1) is 5.92 Å². The molecule has 2 rings (SSSR count). The van der Waals surface area contributed by atoms with E-state index in [-0.39, 0.29) is 5.75 Å². The molecular formula is C16H16O4. The molecule has 1 unspecified atom stereocenters. The summed E-state index contributed by atoms with van der Waals surface area (Å²) in [5.74, 6) is 0.292. The van der Waals surface area contributed by atoms with Crippen LogP contribution in [0.25, 0.3) is 0 Å². The van der Waals surface area contributed by atoms with E-state index in [1.165, 1.54) is 0 Å². The second kappa shape index (κ2) is 6.10. The van der Waals surface area contributed by atoms with Crippen LogP contribution in [0.15, 0.2) is 48.5 Å². The Morgan fingerprint density at radius 2 is 1.55 bits per heavy atom. The van der Waals surface area contributed by atoms with Crippen molar-refractivity contribution < 1.29 is 19.7 Å². The lowest BCUT2D eigenvalue weighted by Gasteiger charge is -2.08. The van der Waals surface area contributed by atoms with E-state index in [4.69, 9.17) is 9.84 Å². The molecule has 0 aromatic heterocycles. The number of rotatable bonds is 5. The van der Waals surface area contributed by atoms with Crippen molar-refractivity contribution in [3.63, 3.8) is 0 Å². The van der Waals surface area contributed by atoms with Crippen LogP contribution < -0.4 is 4.74 Å². The Morgan fingerprint density at radius 3 is 2.05 bits per heavy atom. The Balaban J connectivity index is 2.01. The second-order valence-electron chi connectivity index (χ2n) is 4.68. The minimum atomic E-state index is -0.797. The SMILES string of the molecule is CC(Cc1ccc(Oc2ccc(O)cc2)cc1)C(=O)O. The van der Waals surface area contributed by atoms with E-state index in [1.807, 2.05) is 12.1 Å². The Bertz CT molecular complexity index is 572. The van der Waals surface area contributed by atoms with E-state index in [2.05, 4.69) is 0 Å². The molecule has 2 aromatic carbocycles. The second-order valence-corrected chi connectivity index (χ2v) is 4.68. The van der Waals surface area contributed by atoms with Gasteiger partial charge in [0.15, 0.2) is 0 Å². The van der Waals surface area contributed by atoms with Crippen molar-refractivity contribution in [1.29, 1.82) is 0 Å². The highest BCUT2D eigenvalue weighted by Gasteiger charge is 2.11. The third-order valence-corrected chi connectivity index (χ3v) is 2.96. The summed E-state index contributed by atoms with van der Waals surface area (Å²) in [6.45, 7) is 1.68. The molecule has 20 heavy (non-hydrogen) atoms. The number of aromatic hydroxyl groups is 1. The molecule has 0 saturated heterocycles. The molecule has 0 aliphatic heterocycles. The van der Waals surface area contributed by atoms with Gasteiger partial charge < -0.3 is 14.9 Å². The zero-order chi connectivity index (χ0) is 14.5. The minimum absolute atomic E-state index is 0.190. The van der Waals surface area contributed by atoms with E-state index in [9.17, 15) is 9.90 Å². The van der Waals surface area contributed by atoms with Crippen LogP contribution in [0.3, 0.4) is 0 Å². The number of hydrogen-bond donors (Lipinski definition) is 2. The molecule has 0 radical (unpaired) electrons. The maximum Gasteiger partial charge on any atom is 0.306 e. The molecule has 104 valence electrons. The molecule has 4 heteroatoms. The Labute approximate surface area is 117 Å². The zero-order valence-electron chi connectivity index (χ0n) is 11.1. The van der Waals surface area contributed by atoms with Crippen molar-refractivity contribution in [1.82, 2.24) is 0 Å². The third-order valence-electron chi connectivity index (χ3n) is 2.96. The highest BCUT2D eigenvalue weighted by Crippen LogP contribution is 2.24. The highest BCUT2D eigenvalue weighted by molar-refractivity contribution is 5.69. The van der Waals surface area contributed by atoms with E-state index in [1.54, 1.807) is 43.3 Å². The molecule has 0 bridgehead atoms. The Hall–Kier alpha value is -2.49. The van der Waals surface area contributed by atoms with Gasteiger partial charge in [-0.2, -0.15) is 0 Å². The molecule has 2 aromatic rings. The number of hydrogen-bond acceptors (Lipinski definition) is 3. The first-order valence-electron chi connectivity index (χ1n) is 6.33. The van der Waals surface area contributed by atoms with Gasteiger partial charge in [0.25, 0.3) is 0 Å². The van der Waals surface area contributed by atoms with Crippen LogP contribution in [-0.2, 0) is 11.2 Å². The van der Waals surface area contributed by atoms with Gasteiger partial charge in [0, 0.05) is 0 Å². The van der Waals surface area contributed by atoms with Crippen molar-refractivity contribution >= 4 is 5.97 Å². The Morgan fingerprint density at radius 1 is 1.05 bits per heavy atom. The molecular weight excluding hydrogens is 256 g/mol. The van der Waals surface area contributed by atoms with Gasteiger partial charge in [-0.15, -0.1) is 0 Å². The van der Waals surface area contributed by atoms with E-state index < -0.39 is 11.9 Å². The van der Waals surface area contributed by atoms with Crippen LogP contribution in [0.5, 0.6) is 17.2 Å². The van der Waals surface area contributed by atoms with Crippen molar-refractivity contribution in [2.75, 3.05) is 0 Å². The monoisotopic (exact) mass is 272 g/mol. The Kier molecular flexibility index (Phi) is 4.25. The van der Waals surface area contributed by atoms with Crippen LogP contribution in [0.4, 0.5) is 0 Å². The first kappa shape index (κ1) is 13.9. The van der Waals surface area contributed by atoms with Crippen molar-refractivity contribution in [3.8, 4) is 17.2 Å². The summed E-state index contributed by atoms with van der Waals surface area (Å²) in [6.07, 6.45) is 0.495. The molecule has 0 saturated carbocycles. The van der Waals surface area contributed by atoms with E-state index in [0.29, 0.717) is 17.9 Å². The number of carbonyl (C=O) groups is 1. The number of benzene rings is 2. The molecule has 1 atom stereocenters.